The molecule has 0 aliphatic rings. The second kappa shape index (κ2) is 8.45. The number of rotatable bonds is 5. The van der Waals surface area contributed by atoms with Crippen LogP contribution in [0.2, 0.25) is 0 Å². The van der Waals surface area contributed by atoms with E-state index >= 15 is 0 Å². The topological polar surface area (TPSA) is 144 Å². The van der Waals surface area contributed by atoms with Gasteiger partial charge in [0.05, 0.1) is 43.0 Å². The number of aromatic amines is 1. The van der Waals surface area contributed by atoms with Gasteiger partial charge < -0.3 is 10.1 Å². The highest BCUT2D eigenvalue weighted by atomic mass is 19.1. The minimum atomic E-state index is -0.688. The molecule has 0 spiro atoms. The molecule has 0 radical (unpaired) electrons. The van der Waals surface area contributed by atoms with E-state index in [2.05, 4.69) is 25.5 Å². The monoisotopic (exact) mass is 392 g/mol. The lowest BCUT2D eigenvalue weighted by Crippen LogP contribution is -2.35. The third kappa shape index (κ3) is 4.43. The van der Waals surface area contributed by atoms with E-state index in [1.54, 1.807) is 6.07 Å². The Bertz CT molecular complexity index is 1110. The number of hydrogen-bond donors (Lipinski definition) is 2. The molecule has 0 fully saturated rings. The molecule has 0 unspecified atom stereocenters. The molecule has 0 aliphatic carbocycles. The average molecular weight is 392 g/mol. The largest absolute Gasteiger partial charge is 0.467 e. The Morgan fingerprint density at radius 3 is 2.66 bits per heavy atom. The van der Waals surface area contributed by atoms with Gasteiger partial charge in [0, 0.05) is 5.69 Å². The van der Waals surface area contributed by atoms with Crippen molar-refractivity contribution < 1.29 is 13.9 Å². The lowest BCUT2D eigenvalue weighted by Gasteiger charge is -2.22. The molecular formula is C18H13FN8O2. The number of H-pyrrole nitrogens is 1. The minimum Gasteiger partial charge on any atom is -0.467 e. The quantitative estimate of drug-likeness (QED) is 0.678. The van der Waals surface area contributed by atoms with Crippen LogP contribution in [0.25, 0.3) is 0 Å². The third-order valence-electron chi connectivity index (χ3n) is 3.76. The molecule has 0 saturated carbocycles. The number of methoxy groups -OCH3 is 1. The van der Waals surface area contributed by atoms with Crippen LogP contribution in [0.1, 0.15) is 17.0 Å². The van der Waals surface area contributed by atoms with Gasteiger partial charge in [0.2, 0.25) is 0 Å². The third-order valence-corrected chi connectivity index (χ3v) is 3.76. The van der Waals surface area contributed by atoms with Crippen LogP contribution in [0.15, 0.2) is 36.7 Å². The number of carbonyl (C=O) groups is 1. The normalized spacial score (nSPS) is 9.93. The fraction of sp³-hybridized carbons (Fsp3) is 0.111. The summed E-state index contributed by atoms with van der Waals surface area (Å²) in [5.41, 5.74) is 1.01. The molecule has 11 heteroatoms. The molecule has 1 aromatic carbocycles. The van der Waals surface area contributed by atoms with Crippen molar-refractivity contribution in [3.05, 3.63) is 59.4 Å². The first kappa shape index (κ1) is 19.3. The van der Waals surface area contributed by atoms with Gasteiger partial charge in [-0.2, -0.15) is 15.6 Å². The number of carbonyl (C=O) groups excluding carboxylic acids is 1. The number of nitrogens with zero attached hydrogens (tertiary/aromatic N) is 6. The standard InChI is InChI=1S/C18H13FN8O2/c1-29-17-22-8-15(9-23-17)27(10-14-5-13(7-21)25-26-14)18(28)24-12-2-3-16(19)11(4-12)6-20/h2-5,8-9H,10H2,1H3,(H,24,28)(H,25,26). The Labute approximate surface area is 164 Å². The predicted molar refractivity (Wildman–Crippen MR) is 98.2 cm³/mol. The first-order chi connectivity index (χ1) is 14.0. The van der Waals surface area contributed by atoms with Gasteiger partial charge in [-0.25, -0.2) is 19.2 Å². The van der Waals surface area contributed by atoms with Crippen LogP contribution in [0.5, 0.6) is 6.01 Å². The van der Waals surface area contributed by atoms with Crippen molar-refractivity contribution in [2.45, 2.75) is 6.54 Å². The maximum Gasteiger partial charge on any atom is 0.326 e. The molecule has 0 saturated heterocycles. The fourth-order valence-electron chi connectivity index (χ4n) is 2.38. The highest BCUT2D eigenvalue weighted by molar-refractivity contribution is 6.01. The van der Waals surface area contributed by atoms with Crippen molar-refractivity contribution in [2.75, 3.05) is 17.3 Å². The Morgan fingerprint density at radius 2 is 2.03 bits per heavy atom. The second-order valence-corrected chi connectivity index (χ2v) is 5.64. The Hall–Kier alpha value is -4.51. The van der Waals surface area contributed by atoms with Crippen molar-refractivity contribution in [3.8, 4) is 18.1 Å². The smallest absolute Gasteiger partial charge is 0.326 e. The number of amides is 2. The maximum absolute atomic E-state index is 13.5. The van der Waals surface area contributed by atoms with Crippen molar-refractivity contribution in [2.24, 2.45) is 0 Å². The number of nitriles is 2. The highest BCUT2D eigenvalue weighted by Gasteiger charge is 2.20. The van der Waals surface area contributed by atoms with Crippen LogP contribution in [0.4, 0.5) is 20.6 Å². The summed E-state index contributed by atoms with van der Waals surface area (Å²) >= 11 is 0. The molecule has 144 valence electrons. The van der Waals surface area contributed by atoms with E-state index in [4.69, 9.17) is 15.3 Å². The van der Waals surface area contributed by atoms with Crippen molar-refractivity contribution >= 4 is 17.4 Å². The molecule has 2 aromatic heterocycles. The van der Waals surface area contributed by atoms with Gasteiger partial charge in [-0.15, -0.1) is 0 Å². The average Bonchev–Trinajstić information content (AvgIpc) is 3.21. The molecule has 0 bridgehead atoms. The zero-order valence-corrected chi connectivity index (χ0v) is 15.0. The number of halogens is 1. The van der Waals surface area contributed by atoms with Crippen LogP contribution >= 0.6 is 0 Å². The highest BCUT2D eigenvalue weighted by Crippen LogP contribution is 2.20. The predicted octanol–water partition coefficient (Wildman–Crippen LogP) is 2.33. The van der Waals surface area contributed by atoms with Crippen LogP contribution in [-0.4, -0.2) is 33.3 Å². The van der Waals surface area contributed by atoms with Crippen molar-refractivity contribution in [1.82, 2.24) is 20.2 Å². The number of ether oxygens (including phenoxy) is 1. The van der Waals surface area contributed by atoms with Crippen LogP contribution < -0.4 is 15.0 Å². The van der Waals surface area contributed by atoms with Gasteiger partial charge >= 0.3 is 12.0 Å². The number of anilines is 2. The van der Waals surface area contributed by atoms with Crippen LogP contribution in [0.3, 0.4) is 0 Å². The van der Waals surface area contributed by atoms with Gasteiger partial charge in [0.1, 0.15) is 23.6 Å². The number of hydrogen-bond acceptors (Lipinski definition) is 7. The summed E-state index contributed by atoms with van der Waals surface area (Å²) in [4.78, 5) is 22.1. The number of aromatic nitrogens is 4. The zero-order chi connectivity index (χ0) is 20.8. The lowest BCUT2D eigenvalue weighted by molar-refractivity contribution is 0.256. The van der Waals surface area contributed by atoms with E-state index in [1.165, 1.54) is 42.6 Å². The van der Waals surface area contributed by atoms with Crippen molar-refractivity contribution in [3.63, 3.8) is 0 Å². The Morgan fingerprint density at radius 1 is 1.28 bits per heavy atom. The van der Waals surface area contributed by atoms with Gasteiger partial charge in [0.15, 0.2) is 0 Å². The molecule has 0 aliphatic heterocycles. The van der Waals surface area contributed by atoms with Gasteiger partial charge in [-0.3, -0.25) is 10.00 Å². The molecule has 3 rings (SSSR count). The molecule has 3 aromatic rings. The summed E-state index contributed by atoms with van der Waals surface area (Å²) in [6, 6.07) is 8.29. The van der Waals surface area contributed by atoms with E-state index in [1.807, 2.05) is 6.07 Å². The number of urea groups is 1. The molecule has 10 nitrogen and oxygen atoms in total. The zero-order valence-electron chi connectivity index (χ0n) is 15.0. The van der Waals surface area contributed by atoms with Crippen LogP contribution in [-0.2, 0) is 6.54 Å². The molecule has 0 atom stereocenters. The molecule has 2 amide bonds. The SMILES string of the molecule is COc1ncc(N(Cc2cc(C#N)[nH]n2)C(=O)Nc2ccc(F)c(C#N)c2)cn1. The second-order valence-electron chi connectivity index (χ2n) is 5.64. The number of benzene rings is 1. The first-order valence-corrected chi connectivity index (χ1v) is 8.12. The molecular weight excluding hydrogens is 379 g/mol. The summed E-state index contributed by atoms with van der Waals surface area (Å²) in [6.45, 7) is -0.00793. The summed E-state index contributed by atoms with van der Waals surface area (Å²) in [7, 11) is 1.41. The van der Waals surface area contributed by atoms with Gasteiger partial charge in [0.25, 0.3) is 0 Å². The van der Waals surface area contributed by atoms with E-state index in [0.29, 0.717) is 11.4 Å². The minimum absolute atomic E-state index is 0.00793. The Balaban J connectivity index is 1.89. The number of nitrogens with one attached hydrogen (secondary N) is 2. The lowest BCUT2D eigenvalue weighted by atomic mass is 10.2. The van der Waals surface area contributed by atoms with Gasteiger partial charge in [-0.1, -0.05) is 0 Å². The first-order valence-electron chi connectivity index (χ1n) is 8.12. The molecule has 29 heavy (non-hydrogen) atoms. The summed E-state index contributed by atoms with van der Waals surface area (Å²) < 4.78 is 18.4. The summed E-state index contributed by atoms with van der Waals surface area (Å²) in [5.74, 6) is -0.688. The van der Waals surface area contributed by atoms with Crippen LogP contribution in [0, 0.1) is 28.5 Å². The fourth-order valence-corrected chi connectivity index (χ4v) is 2.38. The summed E-state index contributed by atoms with van der Waals surface area (Å²) in [5, 5.41) is 27.0. The van der Waals surface area contributed by atoms with E-state index in [9.17, 15) is 9.18 Å². The van der Waals surface area contributed by atoms with Gasteiger partial charge in [-0.05, 0) is 24.3 Å². The molecule has 2 N–H and O–H groups in total. The van der Waals surface area contributed by atoms with E-state index in [-0.39, 0.29) is 29.5 Å². The maximum atomic E-state index is 13.5. The van der Waals surface area contributed by atoms with Crippen molar-refractivity contribution in [1.29, 1.82) is 10.5 Å². The van der Waals surface area contributed by atoms with E-state index < -0.39 is 11.8 Å². The summed E-state index contributed by atoms with van der Waals surface area (Å²) in [6.07, 6.45) is 2.77. The van der Waals surface area contributed by atoms with E-state index in [0.717, 1.165) is 6.07 Å². The molecule has 2 heterocycles. The Kier molecular flexibility index (Phi) is 5.61.